The molecule has 1 saturated carbocycles. The molecule has 0 aromatic heterocycles. The maximum Gasteiger partial charge on any atom is 0.223 e. The highest BCUT2D eigenvalue weighted by atomic mass is 16.5. The lowest BCUT2D eigenvalue weighted by atomic mass is 10.1. The standard InChI is InChI=1S/C14H28N2O2/c1-14(2,3)15-8-7-13(17)16(4)9-10-18-11-12-5-6-12/h12,15H,5-11H2,1-4H3. The highest BCUT2D eigenvalue weighted by molar-refractivity contribution is 5.76. The van der Waals surface area contributed by atoms with Gasteiger partial charge in [-0.1, -0.05) is 0 Å². The van der Waals surface area contributed by atoms with Crippen LogP contribution in [-0.4, -0.2) is 49.7 Å². The molecule has 1 aliphatic carbocycles. The van der Waals surface area contributed by atoms with E-state index in [1.807, 2.05) is 7.05 Å². The minimum absolute atomic E-state index is 0.0756. The van der Waals surface area contributed by atoms with Gasteiger partial charge >= 0.3 is 0 Å². The Labute approximate surface area is 111 Å². The zero-order chi connectivity index (χ0) is 13.6. The third kappa shape index (κ3) is 7.67. The highest BCUT2D eigenvalue weighted by Gasteiger charge is 2.21. The summed E-state index contributed by atoms with van der Waals surface area (Å²) in [6, 6.07) is 0. The van der Waals surface area contributed by atoms with Crippen LogP contribution in [0.3, 0.4) is 0 Å². The lowest BCUT2D eigenvalue weighted by Gasteiger charge is -2.22. The number of likely N-dealkylation sites (N-methyl/N-ethyl adjacent to an activating group) is 1. The Kier molecular flexibility index (Phi) is 6.09. The number of nitrogens with zero attached hydrogens (tertiary/aromatic N) is 1. The van der Waals surface area contributed by atoms with E-state index in [2.05, 4.69) is 26.1 Å². The van der Waals surface area contributed by atoms with Crippen LogP contribution in [-0.2, 0) is 9.53 Å². The van der Waals surface area contributed by atoms with Crippen LogP contribution in [0.4, 0.5) is 0 Å². The number of amides is 1. The average molecular weight is 256 g/mol. The maximum atomic E-state index is 11.8. The van der Waals surface area contributed by atoms with Crippen LogP contribution in [0.1, 0.15) is 40.0 Å². The molecule has 1 aliphatic rings. The van der Waals surface area contributed by atoms with Gasteiger partial charge in [0.15, 0.2) is 0 Å². The molecule has 0 aromatic rings. The van der Waals surface area contributed by atoms with Crippen molar-refractivity contribution in [1.82, 2.24) is 10.2 Å². The molecule has 0 heterocycles. The first kappa shape index (κ1) is 15.4. The van der Waals surface area contributed by atoms with E-state index >= 15 is 0 Å². The summed E-state index contributed by atoms with van der Waals surface area (Å²) in [5.41, 5.74) is 0.0756. The SMILES string of the molecule is CN(CCOCC1CC1)C(=O)CCNC(C)(C)C. The van der Waals surface area contributed by atoms with Gasteiger partial charge in [-0.25, -0.2) is 0 Å². The van der Waals surface area contributed by atoms with E-state index < -0.39 is 0 Å². The topological polar surface area (TPSA) is 41.6 Å². The molecule has 1 N–H and O–H groups in total. The third-order valence-corrected chi connectivity index (χ3v) is 3.04. The van der Waals surface area contributed by atoms with E-state index in [-0.39, 0.29) is 11.4 Å². The molecule has 1 fully saturated rings. The largest absolute Gasteiger partial charge is 0.379 e. The Balaban J connectivity index is 2.00. The zero-order valence-electron chi connectivity index (χ0n) is 12.3. The fraction of sp³-hybridized carbons (Fsp3) is 0.929. The fourth-order valence-electron chi connectivity index (χ4n) is 1.60. The van der Waals surface area contributed by atoms with Gasteiger partial charge in [-0.3, -0.25) is 4.79 Å². The van der Waals surface area contributed by atoms with Crippen LogP contribution in [0, 0.1) is 5.92 Å². The summed E-state index contributed by atoms with van der Waals surface area (Å²) in [5.74, 6) is 0.976. The van der Waals surface area contributed by atoms with Crippen LogP contribution in [0.25, 0.3) is 0 Å². The molecular weight excluding hydrogens is 228 g/mol. The smallest absolute Gasteiger partial charge is 0.223 e. The van der Waals surface area contributed by atoms with Gasteiger partial charge in [-0.15, -0.1) is 0 Å². The number of nitrogens with one attached hydrogen (secondary N) is 1. The maximum absolute atomic E-state index is 11.8. The summed E-state index contributed by atoms with van der Waals surface area (Å²) in [5, 5.41) is 3.32. The zero-order valence-corrected chi connectivity index (χ0v) is 12.3. The van der Waals surface area contributed by atoms with E-state index in [9.17, 15) is 4.79 Å². The molecule has 0 unspecified atom stereocenters. The minimum Gasteiger partial charge on any atom is -0.379 e. The van der Waals surface area contributed by atoms with Crippen LogP contribution >= 0.6 is 0 Å². The Morgan fingerprint density at radius 3 is 2.61 bits per heavy atom. The molecule has 0 aliphatic heterocycles. The van der Waals surface area contributed by atoms with Gasteiger partial charge in [-0.05, 0) is 39.5 Å². The second kappa shape index (κ2) is 7.10. The molecule has 0 bridgehead atoms. The monoisotopic (exact) mass is 256 g/mol. The number of carbonyl (C=O) groups is 1. The highest BCUT2D eigenvalue weighted by Crippen LogP contribution is 2.28. The number of carbonyl (C=O) groups excluding carboxylic acids is 1. The summed E-state index contributed by atoms with van der Waals surface area (Å²) in [4.78, 5) is 13.6. The Morgan fingerprint density at radius 1 is 1.39 bits per heavy atom. The summed E-state index contributed by atoms with van der Waals surface area (Å²) < 4.78 is 5.53. The molecule has 0 saturated heterocycles. The van der Waals surface area contributed by atoms with Crippen molar-refractivity contribution in [3.05, 3.63) is 0 Å². The molecule has 1 amide bonds. The molecule has 18 heavy (non-hydrogen) atoms. The normalized spacial score (nSPS) is 15.8. The van der Waals surface area contributed by atoms with Crippen molar-refractivity contribution < 1.29 is 9.53 Å². The van der Waals surface area contributed by atoms with E-state index in [0.29, 0.717) is 19.6 Å². The first-order valence-electron chi connectivity index (χ1n) is 6.95. The van der Waals surface area contributed by atoms with Gasteiger partial charge in [0.1, 0.15) is 0 Å². The quantitative estimate of drug-likeness (QED) is 0.671. The van der Waals surface area contributed by atoms with Crippen molar-refractivity contribution in [1.29, 1.82) is 0 Å². The molecule has 4 nitrogen and oxygen atoms in total. The molecule has 0 radical (unpaired) electrons. The van der Waals surface area contributed by atoms with E-state index in [4.69, 9.17) is 4.74 Å². The molecule has 0 spiro atoms. The Bertz CT molecular complexity index is 257. The fourth-order valence-corrected chi connectivity index (χ4v) is 1.60. The predicted molar refractivity (Wildman–Crippen MR) is 73.6 cm³/mol. The first-order chi connectivity index (χ1) is 8.38. The van der Waals surface area contributed by atoms with Gasteiger partial charge in [0.2, 0.25) is 5.91 Å². The lowest BCUT2D eigenvalue weighted by molar-refractivity contribution is -0.130. The molecule has 0 aromatic carbocycles. The van der Waals surface area contributed by atoms with Gasteiger partial charge in [-0.2, -0.15) is 0 Å². The first-order valence-corrected chi connectivity index (χ1v) is 6.95. The molecule has 0 atom stereocenters. The van der Waals surface area contributed by atoms with Crippen LogP contribution in [0.5, 0.6) is 0 Å². The molecule has 1 rings (SSSR count). The van der Waals surface area contributed by atoms with Crippen LogP contribution < -0.4 is 5.32 Å². The number of ether oxygens (including phenoxy) is 1. The van der Waals surface area contributed by atoms with Crippen LogP contribution in [0.2, 0.25) is 0 Å². The predicted octanol–water partition coefficient (Wildman–Crippen LogP) is 1.65. The molecule has 106 valence electrons. The second-order valence-corrected chi connectivity index (χ2v) is 6.26. The number of hydrogen-bond acceptors (Lipinski definition) is 3. The van der Waals surface area contributed by atoms with Crippen molar-refractivity contribution in [3.63, 3.8) is 0 Å². The molecule has 4 heteroatoms. The average Bonchev–Trinajstić information content (AvgIpc) is 3.06. The Hall–Kier alpha value is -0.610. The van der Waals surface area contributed by atoms with Gasteiger partial charge in [0.25, 0.3) is 0 Å². The van der Waals surface area contributed by atoms with Gasteiger partial charge in [0, 0.05) is 38.7 Å². The lowest BCUT2D eigenvalue weighted by Crippen LogP contribution is -2.39. The van der Waals surface area contributed by atoms with Gasteiger partial charge in [0.05, 0.1) is 6.61 Å². The summed E-state index contributed by atoms with van der Waals surface area (Å²) in [6.07, 6.45) is 3.18. The summed E-state index contributed by atoms with van der Waals surface area (Å²) in [7, 11) is 1.85. The third-order valence-electron chi connectivity index (χ3n) is 3.04. The van der Waals surface area contributed by atoms with Crippen molar-refractivity contribution in [2.75, 3.05) is 33.4 Å². The second-order valence-electron chi connectivity index (χ2n) is 6.26. The molecular formula is C14H28N2O2. The van der Waals surface area contributed by atoms with Crippen LogP contribution in [0.15, 0.2) is 0 Å². The van der Waals surface area contributed by atoms with Crippen molar-refractivity contribution >= 4 is 5.91 Å². The van der Waals surface area contributed by atoms with E-state index in [0.717, 1.165) is 19.1 Å². The minimum atomic E-state index is 0.0756. The van der Waals surface area contributed by atoms with Crippen molar-refractivity contribution in [2.24, 2.45) is 5.92 Å². The van der Waals surface area contributed by atoms with Gasteiger partial charge < -0.3 is 15.0 Å². The number of rotatable bonds is 8. The Morgan fingerprint density at radius 2 is 2.06 bits per heavy atom. The van der Waals surface area contributed by atoms with Crippen molar-refractivity contribution in [3.8, 4) is 0 Å². The number of hydrogen-bond donors (Lipinski definition) is 1. The summed E-state index contributed by atoms with van der Waals surface area (Å²) in [6.45, 7) is 9.27. The summed E-state index contributed by atoms with van der Waals surface area (Å²) >= 11 is 0. The van der Waals surface area contributed by atoms with E-state index in [1.165, 1.54) is 12.8 Å². The van der Waals surface area contributed by atoms with Crippen molar-refractivity contribution in [2.45, 2.75) is 45.6 Å². The van der Waals surface area contributed by atoms with E-state index in [1.54, 1.807) is 4.90 Å².